The molecule has 2 unspecified atom stereocenters. The average Bonchev–Trinajstić information content (AvgIpc) is 3.46. The maximum atomic E-state index is 13.2. The molecule has 2 atom stereocenters. The van der Waals surface area contributed by atoms with Crippen molar-refractivity contribution in [1.29, 1.82) is 0 Å². The Labute approximate surface area is 194 Å². The molecule has 1 amide bonds. The topological polar surface area (TPSA) is 55.5 Å². The van der Waals surface area contributed by atoms with E-state index >= 15 is 0 Å². The van der Waals surface area contributed by atoms with Crippen LogP contribution in [-0.2, 0) is 4.79 Å². The summed E-state index contributed by atoms with van der Waals surface area (Å²) in [7, 11) is 4.20. The lowest BCUT2D eigenvalue weighted by molar-refractivity contribution is -0.134. The van der Waals surface area contributed by atoms with Crippen molar-refractivity contribution >= 4 is 34.2 Å². The number of carbonyl (C=O) groups excluding carboxylic acids is 1. The fraction of sp³-hybridized carbons (Fsp3) is 0.440. The first-order valence-electron chi connectivity index (χ1n) is 11.4. The molecule has 2 fully saturated rings. The zero-order valence-electron chi connectivity index (χ0n) is 18.7. The fourth-order valence-electron chi connectivity index (χ4n) is 5.01. The van der Waals surface area contributed by atoms with Crippen LogP contribution < -0.4 is 4.90 Å². The van der Waals surface area contributed by atoms with E-state index in [-0.39, 0.29) is 5.92 Å². The maximum absolute atomic E-state index is 13.2. The lowest BCUT2D eigenvalue weighted by atomic mass is 9.96. The van der Waals surface area contributed by atoms with E-state index in [4.69, 9.17) is 16.6 Å². The molecule has 2 aliphatic heterocycles. The smallest absolute Gasteiger partial charge is 0.227 e. The number of piperidine rings is 1. The average molecular weight is 452 g/mol. The van der Waals surface area contributed by atoms with Crippen LogP contribution in [0.1, 0.15) is 19.3 Å². The molecule has 1 N–H and O–H groups in total. The summed E-state index contributed by atoms with van der Waals surface area (Å²) in [5, 5.41) is 0.671. The fourth-order valence-corrected chi connectivity index (χ4v) is 5.21. The monoisotopic (exact) mass is 451 g/mol. The highest BCUT2D eigenvalue weighted by atomic mass is 35.5. The molecule has 0 radical (unpaired) electrons. The molecule has 0 bridgehead atoms. The zero-order chi connectivity index (χ0) is 22.2. The van der Waals surface area contributed by atoms with E-state index in [0.29, 0.717) is 17.0 Å². The standard InChI is InChI=1S/C25H30ClN5O/c1-29(2)19-11-13-31(16-19)25(32)17-6-5-12-30(15-17)18-9-10-21(26)20(14-18)24-27-22-7-3-4-8-23(22)28-24/h3-4,7-10,14,17,19H,5-6,11-13,15-16H2,1-2H3,(H,27,28). The Bertz CT molecular complexity index is 1090. The van der Waals surface area contributed by atoms with Gasteiger partial charge in [0.2, 0.25) is 5.91 Å². The summed E-state index contributed by atoms with van der Waals surface area (Å²) in [6.45, 7) is 3.42. The van der Waals surface area contributed by atoms with Crippen molar-refractivity contribution in [2.75, 3.05) is 45.2 Å². The number of anilines is 1. The quantitative estimate of drug-likeness (QED) is 0.643. The molecule has 7 heteroatoms. The number of hydrogen-bond donors (Lipinski definition) is 1. The third-order valence-electron chi connectivity index (χ3n) is 6.94. The summed E-state index contributed by atoms with van der Waals surface area (Å²) in [6.07, 6.45) is 3.04. The predicted molar refractivity (Wildman–Crippen MR) is 130 cm³/mol. The van der Waals surface area contributed by atoms with Crippen LogP contribution in [0.5, 0.6) is 0 Å². The zero-order valence-corrected chi connectivity index (χ0v) is 19.5. The van der Waals surface area contributed by atoms with Gasteiger partial charge < -0.3 is 19.7 Å². The van der Waals surface area contributed by atoms with Gasteiger partial charge in [-0.2, -0.15) is 0 Å². The van der Waals surface area contributed by atoms with Gasteiger partial charge in [0.1, 0.15) is 5.82 Å². The number of aromatic amines is 1. The van der Waals surface area contributed by atoms with Gasteiger partial charge in [-0.3, -0.25) is 4.79 Å². The van der Waals surface area contributed by atoms with Crippen molar-refractivity contribution in [1.82, 2.24) is 19.8 Å². The second-order valence-electron chi connectivity index (χ2n) is 9.24. The van der Waals surface area contributed by atoms with Crippen LogP contribution in [0.25, 0.3) is 22.4 Å². The molecule has 5 rings (SSSR count). The number of hydrogen-bond acceptors (Lipinski definition) is 4. The van der Waals surface area contributed by atoms with Gasteiger partial charge in [0, 0.05) is 43.5 Å². The summed E-state index contributed by atoms with van der Waals surface area (Å²) < 4.78 is 0. The normalized spacial score (nSPS) is 21.6. The molecule has 3 heterocycles. The summed E-state index contributed by atoms with van der Waals surface area (Å²) in [4.78, 5) is 28.0. The number of halogens is 1. The van der Waals surface area contributed by atoms with Crippen molar-refractivity contribution in [3.8, 4) is 11.4 Å². The molecule has 0 spiro atoms. The number of benzene rings is 2. The molecule has 32 heavy (non-hydrogen) atoms. The van der Waals surface area contributed by atoms with Crippen molar-refractivity contribution in [3.05, 3.63) is 47.5 Å². The molecule has 3 aromatic rings. The van der Waals surface area contributed by atoms with E-state index in [0.717, 1.165) is 73.6 Å². The Morgan fingerprint density at radius 3 is 2.75 bits per heavy atom. The Morgan fingerprint density at radius 2 is 1.97 bits per heavy atom. The van der Waals surface area contributed by atoms with Crippen LogP contribution in [0.2, 0.25) is 5.02 Å². The van der Waals surface area contributed by atoms with Gasteiger partial charge in [-0.05, 0) is 63.7 Å². The number of rotatable bonds is 4. The number of carbonyl (C=O) groups is 1. The van der Waals surface area contributed by atoms with Crippen LogP contribution in [0.15, 0.2) is 42.5 Å². The second kappa shape index (κ2) is 8.75. The number of aromatic nitrogens is 2. The predicted octanol–water partition coefficient (Wildman–Crippen LogP) is 4.26. The molecule has 2 aromatic carbocycles. The molecule has 168 valence electrons. The summed E-state index contributed by atoms with van der Waals surface area (Å²) in [5.41, 5.74) is 3.90. The van der Waals surface area contributed by atoms with Gasteiger partial charge in [-0.15, -0.1) is 0 Å². The summed E-state index contributed by atoms with van der Waals surface area (Å²) in [5.74, 6) is 1.13. The number of nitrogens with zero attached hydrogens (tertiary/aromatic N) is 4. The molecule has 6 nitrogen and oxygen atoms in total. The highest BCUT2D eigenvalue weighted by Crippen LogP contribution is 2.33. The maximum Gasteiger partial charge on any atom is 0.227 e. The minimum Gasteiger partial charge on any atom is -0.371 e. The van der Waals surface area contributed by atoms with E-state index in [1.807, 2.05) is 30.3 Å². The van der Waals surface area contributed by atoms with E-state index in [2.05, 4.69) is 45.9 Å². The van der Waals surface area contributed by atoms with E-state index in [1.165, 1.54) is 0 Å². The van der Waals surface area contributed by atoms with Crippen molar-refractivity contribution < 1.29 is 4.79 Å². The Balaban J connectivity index is 1.34. The van der Waals surface area contributed by atoms with Crippen molar-refractivity contribution in [2.45, 2.75) is 25.3 Å². The molecule has 1 aromatic heterocycles. The molecule has 2 aliphatic rings. The Hall–Kier alpha value is -2.57. The highest BCUT2D eigenvalue weighted by Gasteiger charge is 2.34. The second-order valence-corrected chi connectivity index (χ2v) is 9.65. The van der Waals surface area contributed by atoms with E-state index in [1.54, 1.807) is 0 Å². The number of fused-ring (bicyclic) bond motifs is 1. The van der Waals surface area contributed by atoms with Crippen molar-refractivity contribution in [2.24, 2.45) is 5.92 Å². The van der Waals surface area contributed by atoms with Crippen LogP contribution in [0.3, 0.4) is 0 Å². The van der Waals surface area contributed by atoms with Crippen molar-refractivity contribution in [3.63, 3.8) is 0 Å². The first-order valence-corrected chi connectivity index (χ1v) is 11.8. The highest BCUT2D eigenvalue weighted by molar-refractivity contribution is 6.33. The van der Waals surface area contributed by atoms with Gasteiger partial charge in [0.25, 0.3) is 0 Å². The number of likely N-dealkylation sites (tertiary alicyclic amines) is 1. The van der Waals surface area contributed by atoms with E-state index in [9.17, 15) is 4.79 Å². The van der Waals surface area contributed by atoms with Gasteiger partial charge in [-0.25, -0.2) is 4.98 Å². The minimum atomic E-state index is 0.0509. The Kier molecular flexibility index (Phi) is 5.82. The number of nitrogens with one attached hydrogen (secondary N) is 1. The van der Waals surface area contributed by atoms with Gasteiger partial charge >= 0.3 is 0 Å². The van der Waals surface area contributed by atoms with Gasteiger partial charge in [0.15, 0.2) is 0 Å². The lowest BCUT2D eigenvalue weighted by Crippen LogP contribution is -2.45. The Morgan fingerprint density at radius 1 is 1.12 bits per heavy atom. The van der Waals surface area contributed by atoms with Crippen LogP contribution in [-0.4, -0.2) is 72.0 Å². The minimum absolute atomic E-state index is 0.0509. The number of amides is 1. The third-order valence-corrected chi connectivity index (χ3v) is 7.27. The van der Waals surface area contributed by atoms with Crippen LogP contribution in [0, 0.1) is 5.92 Å². The van der Waals surface area contributed by atoms with Gasteiger partial charge in [-0.1, -0.05) is 23.7 Å². The largest absolute Gasteiger partial charge is 0.371 e. The van der Waals surface area contributed by atoms with Gasteiger partial charge in [0.05, 0.1) is 22.0 Å². The molecule has 0 aliphatic carbocycles. The van der Waals surface area contributed by atoms with Crippen LogP contribution >= 0.6 is 11.6 Å². The first kappa shape index (κ1) is 21.3. The molecule has 2 saturated heterocycles. The number of imidazole rings is 1. The molecular formula is C25H30ClN5O. The number of likely N-dealkylation sites (N-methyl/N-ethyl adjacent to an activating group) is 1. The SMILES string of the molecule is CN(C)C1CCN(C(=O)C2CCCN(c3ccc(Cl)c(-c4nc5ccccc5[nH]4)c3)C2)C1. The summed E-state index contributed by atoms with van der Waals surface area (Å²) in [6, 6.07) is 14.6. The first-order chi connectivity index (χ1) is 15.5. The van der Waals surface area contributed by atoms with Crippen LogP contribution in [0.4, 0.5) is 5.69 Å². The molecular weight excluding hydrogens is 422 g/mol. The molecule has 0 saturated carbocycles. The number of para-hydroxylation sites is 2. The summed E-state index contributed by atoms with van der Waals surface area (Å²) >= 11 is 6.56. The third kappa shape index (κ3) is 4.09. The van der Waals surface area contributed by atoms with E-state index < -0.39 is 0 Å². The number of H-pyrrole nitrogens is 1. The lowest BCUT2D eigenvalue weighted by Gasteiger charge is -2.35.